The molecule has 0 saturated carbocycles. The molecule has 1 saturated heterocycles. The summed E-state index contributed by atoms with van der Waals surface area (Å²) in [5.74, 6) is 0.458. The molecule has 18 heavy (non-hydrogen) atoms. The Hall–Kier alpha value is -1.29. The zero-order chi connectivity index (χ0) is 13.3. The molecule has 0 radical (unpaired) electrons. The molecule has 1 fully saturated rings. The van der Waals surface area contributed by atoms with Crippen molar-refractivity contribution in [1.29, 1.82) is 0 Å². The van der Waals surface area contributed by atoms with E-state index >= 15 is 0 Å². The molecule has 1 N–H and O–H groups in total. The normalized spacial score (nSPS) is 21.4. The predicted octanol–water partition coefficient (Wildman–Crippen LogP) is 2.85. The van der Waals surface area contributed by atoms with Crippen molar-refractivity contribution in [3.8, 4) is 0 Å². The fraction of sp³-hybridized carbons (Fsp3) is 0.643. The summed E-state index contributed by atoms with van der Waals surface area (Å²) in [6, 6.07) is 3.28. The highest BCUT2D eigenvalue weighted by Crippen LogP contribution is 2.34. The Bertz CT molecular complexity index is 430. The van der Waals surface area contributed by atoms with Crippen LogP contribution in [0.4, 0.5) is 0 Å². The first-order chi connectivity index (χ1) is 8.36. The number of hydrogen-bond acceptors (Lipinski definition) is 3. The van der Waals surface area contributed by atoms with Crippen LogP contribution < -0.4 is 0 Å². The van der Waals surface area contributed by atoms with Gasteiger partial charge in [0.25, 0.3) is 0 Å². The molecule has 1 aliphatic heterocycles. The van der Waals surface area contributed by atoms with Crippen LogP contribution in [0.5, 0.6) is 0 Å². The van der Waals surface area contributed by atoms with Crippen LogP contribution in [-0.4, -0.2) is 29.1 Å². The zero-order valence-electron chi connectivity index (χ0n) is 11.3. The van der Waals surface area contributed by atoms with Gasteiger partial charge in [0.05, 0.1) is 6.54 Å². The van der Waals surface area contributed by atoms with Crippen molar-refractivity contribution in [3.63, 3.8) is 0 Å². The van der Waals surface area contributed by atoms with Gasteiger partial charge in [-0.25, -0.2) is 4.79 Å². The fourth-order valence-corrected chi connectivity index (χ4v) is 2.48. The summed E-state index contributed by atoms with van der Waals surface area (Å²) in [6.45, 7) is 9.65. The van der Waals surface area contributed by atoms with Gasteiger partial charge in [0.2, 0.25) is 5.76 Å². The Morgan fingerprint density at radius 1 is 1.50 bits per heavy atom. The molecule has 2 rings (SSSR count). The molecule has 0 spiro atoms. The number of carboxylic acid groups (broad SMARTS) is 1. The lowest BCUT2D eigenvalue weighted by Gasteiger charge is -2.26. The molecule has 0 amide bonds. The van der Waals surface area contributed by atoms with Crippen LogP contribution >= 0.6 is 0 Å². The lowest BCUT2D eigenvalue weighted by molar-refractivity contribution is 0.0658. The van der Waals surface area contributed by atoms with Gasteiger partial charge < -0.3 is 9.52 Å². The minimum absolute atomic E-state index is 0.0246. The van der Waals surface area contributed by atoms with Gasteiger partial charge in [-0.1, -0.05) is 20.8 Å². The highest BCUT2D eigenvalue weighted by Gasteiger charge is 2.31. The van der Waals surface area contributed by atoms with Crippen LogP contribution in [0.2, 0.25) is 0 Å². The van der Waals surface area contributed by atoms with E-state index in [9.17, 15) is 4.79 Å². The first-order valence-corrected chi connectivity index (χ1v) is 6.40. The van der Waals surface area contributed by atoms with E-state index in [-0.39, 0.29) is 5.76 Å². The molecule has 1 aromatic rings. The Morgan fingerprint density at radius 2 is 2.22 bits per heavy atom. The molecule has 0 aliphatic carbocycles. The highest BCUT2D eigenvalue weighted by atomic mass is 16.4. The zero-order valence-corrected chi connectivity index (χ0v) is 11.3. The Balaban J connectivity index is 1.93. The van der Waals surface area contributed by atoms with Gasteiger partial charge in [0.1, 0.15) is 5.76 Å². The monoisotopic (exact) mass is 251 g/mol. The quantitative estimate of drug-likeness (QED) is 0.897. The van der Waals surface area contributed by atoms with Crippen LogP contribution in [0.3, 0.4) is 0 Å². The number of aromatic carboxylic acids is 1. The van der Waals surface area contributed by atoms with Crippen molar-refractivity contribution in [2.45, 2.75) is 33.7 Å². The van der Waals surface area contributed by atoms with Crippen LogP contribution in [0.1, 0.15) is 43.5 Å². The standard InChI is InChI=1S/C14H21NO3/c1-14(2,3)10-6-7-15(8-10)9-11-4-5-12(18-11)13(16)17/h4-5,10H,6-9H2,1-3H3,(H,16,17). The van der Waals surface area contributed by atoms with E-state index in [1.54, 1.807) is 6.07 Å². The average molecular weight is 251 g/mol. The lowest BCUT2D eigenvalue weighted by atomic mass is 9.80. The van der Waals surface area contributed by atoms with E-state index in [1.165, 1.54) is 12.5 Å². The third kappa shape index (κ3) is 2.93. The maximum atomic E-state index is 10.7. The number of hydrogen-bond donors (Lipinski definition) is 1. The second-order valence-corrected chi connectivity index (χ2v) is 6.16. The number of carbonyl (C=O) groups is 1. The number of nitrogens with zero attached hydrogens (tertiary/aromatic N) is 1. The maximum absolute atomic E-state index is 10.7. The van der Waals surface area contributed by atoms with Gasteiger partial charge in [-0.05, 0) is 36.4 Å². The fourth-order valence-electron chi connectivity index (χ4n) is 2.48. The molecule has 1 unspecified atom stereocenters. The summed E-state index contributed by atoms with van der Waals surface area (Å²) in [5.41, 5.74) is 0.337. The average Bonchev–Trinajstić information content (AvgIpc) is 2.85. The minimum atomic E-state index is -1.00. The van der Waals surface area contributed by atoms with Gasteiger partial charge in [0, 0.05) is 6.54 Å². The molecule has 4 heteroatoms. The molecule has 1 atom stereocenters. The summed E-state index contributed by atoms with van der Waals surface area (Å²) in [4.78, 5) is 13.1. The van der Waals surface area contributed by atoms with Gasteiger partial charge in [-0.3, -0.25) is 4.90 Å². The van der Waals surface area contributed by atoms with Crippen LogP contribution in [0.25, 0.3) is 0 Å². The summed E-state index contributed by atoms with van der Waals surface area (Å²) in [5, 5.41) is 8.80. The summed E-state index contributed by atoms with van der Waals surface area (Å²) in [6.07, 6.45) is 1.20. The third-order valence-electron chi connectivity index (χ3n) is 3.75. The van der Waals surface area contributed by atoms with Crippen LogP contribution in [0, 0.1) is 11.3 Å². The van der Waals surface area contributed by atoms with Gasteiger partial charge in [-0.15, -0.1) is 0 Å². The Kier molecular flexibility index (Phi) is 3.48. The molecule has 1 aromatic heterocycles. The highest BCUT2D eigenvalue weighted by molar-refractivity contribution is 5.84. The van der Waals surface area contributed by atoms with Gasteiger partial charge in [-0.2, -0.15) is 0 Å². The number of rotatable bonds is 3. The first-order valence-electron chi connectivity index (χ1n) is 6.40. The molecule has 4 nitrogen and oxygen atoms in total. The lowest BCUT2D eigenvalue weighted by Crippen LogP contribution is -2.25. The molecule has 100 valence electrons. The van der Waals surface area contributed by atoms with Gasteiger partial charge in [0.15, 0.2) is 0 Å². The molecule has 0 aromatic carbocycles. The molecule has 0 bridgehead atoms. The minimum Gasteiger partial charge on any atom is -0.475 e. The third-order valence-corrected chi connectivity index (χ3v) is 3.75. The number of furan rings is 1. The predicted molar refractivity (Wildman–Crippen MR) is 68.5 cm³/mol. The van der Waals surface area contributed by atoms with Crippen molar-refractivity contribution in [1.82, 2.24) is 4.90 Å². The van der Waals surface area contributed by atoms with Crippen LogP contribution in [-0.2, 0) is 6.54 Å². The Morgan fingerprint density at radius 3 is 2.72 bits per heavy atom. The maximum Gasteiger partial charge on any atom is 0.371 e. The van der Waals surface area contributed by atoms with E-state index in [4.69, 9.17) is 9.52 Å². The molecule has 1 aliphatic rings. The summed E-state index contributed by atoms with van der Waals surface area (Å²) < 4.78 is 5.29. The first kappa shape index (κ1) is 13.1. The van der Waals surface area contributed by atoms with E-state index in [1.807, 2.05) is 0 Å². The molecule has 2 heterocycles. The Labute approximate surface area is 108 Å². The second-order valence-electron chi connectivity index (χ2n) is 6.16. The van der Waals surface area contributed by atoms with Crippen molar-refractivity contribution in [2.24, 2.45) is 11.3 Å². The van der Waals surface area contributed by atoms with E-state index in [2.05, 4.69) is 25.7 Å². The van der Waals surface area contributed by atoms with E-state index in [0.29, 0.717) is 17.9 Å². The van der Waals surface area contributed by atoms with E-state index in [0.717, 1.165) is 18.8 Å². The largest absolute Gasteiger partial charge is 0.475 e. The van der Waals surface area contributed by atoms with Crippen molar-refractivity contribution in [3.05, 3.63) is 23.7 Å². The van der Waals surface area contributed by atoms with Crippen molar-refractivity contribution < 1.29 is 14.3 Å². The van der Waals surface area contributed by atoms with E-state index < -0.39 is 5.97 Å². The SMILES string of the molecule is CC(C)(C)C1CCN(Cc2ccc(C(=O)O)o2)C1. The second kappa shape index (κ2) is 4.76. The number of likely N-dealkylation sites (tertiary alicyclic amines) is 1. The number of carboxylic acids is 1. The molecular formula is C14H21NO3. The molecular weight excluding hydrogens is 230 g/mol. The summed E-state index contributed by atoms with van der Waals surface area (Å²) in [7, 11) is 0. The topological polar surface area (TPSA) is 53.7 Å². The van der Waals surface area contributed by atoms with Gasteiger partial charge >= 0.3 is 5.97 Å². The van der Waals surface area contributed by atoms with Crippen molar-refractivity contribution in [2.75, 3.05) is 13.1 Å². The smallest absolute Gasteiger partial charge is 0.371 e. The van der Waals surface area contributed by atoms with Crippen LogP contribution in [0.15, 0.2) is 16.5 Å². The summed E-state index contributed by atoms with van der Waals surface area (Å²) >= 11 is 0. The van der Waals surface area contributed by atoms with Crippen molar-refractivity contribution >= 4 is 5.97 Å².